The minimum atomic E-state index is -4.85. The standard InChI is InChI=1S/C20H20F3N5O2S/c1-2-27(11-13-6-4-3-5-7-13)12-28-16-9-8-14(30-20(21,22)23)10-15(16)17(18(28)29)25-26-19(24)31/h3-10,29H,2,11-12H2,1H3,(H2,24,31). The molecule has 0 atom stereocenters. The zero-order valence-corrected chi connectivity index (χ0v) is 17.3. The number of aromatic hydroxyl groups is 1. The Morgan fingerprint density at radius 2 is 1.94 bits per heavy atom. The third-order valence-corrected chi connectivity index (χ3v) is 4.58. The average Bonchev–Trinajstić information content (AvgIpc) is 2.95. The van der Waals surface area contributed by atoms with E-state index in [1.54, 1.807) is 0 Å². The van der Waals surface area contributed by atoms with Crippen LogP contribution in [-0.2, 0) is 13.2 Å². The topological polar surface area (TPSA) is 88.4 Å². The fourth-order valence-corrected chi connectivity index (χ4v) is 3.18. The summed E-state index contributed by atoms with van der Waals surface area (Å²) in [5.74, 6) is -0.716. The number of fused-ring (bicyclic) bond motifs is 1. The Bertz CT molecular complexity index is 1100. The molecular formula is C20H20F3N5O2S. The molecule has 0 saturated heterocycles. The number of nitrogens with zero attached hydrogens (tertiary/aromatic N) is 4. The van der Waals surface area contributed by atoms with E-state index < -0.39 is 12.1 Å². The third kappa shape index (κ3) is 5.70. The molecule has 0 aliphatic carbocycles. The molecule has 0 saturated carbocycles. The molecule has 7 nitrogen and oxygen atoms in total. The van der Waals surface area contributed by atoms with Gasteiger partial charge >= 0.3 is 6.36 Å². The number of alkyl halides is 3. The summed E-state index contributed by atoms with van der Waals surface area (Å²) in [6, 6.07) is 13.5. The van der Waals surface area contributed by atoms with E-state index in [1.807, 2.05) is 42.2 Å². The first-order valence-electron chi connectivity index (χ1n) is 9.26. The van der Waals surface area contributed by atoms with E-state index >= 15 is 0 Å². The van der Waals surface area contributed by atoms with Gasteiger partial charge in [0.15, 0.2) is 5.69 Å². The molecule has 0 fully saturated rings. The first-order valence-corrected chi connectivity index (χ1v) is 9.67. The van der Waals surface area contributed by atoms with Crippen molar-refractivity contribution < 1.29 is 23.0 Å². The molecule has 31 heavy (non-hydrogen) atoms. The molecule has 0 spiro atoms. The molecule has 0 amide bonds. The Morgan fingerprint density at radius 1 is 1.23 bits per heavy atom. The molecule has 2 aromatic carbocycles. The van der Waals surface area contributed by atoms with Gasteiger partial charge in [0, 0.05) is 11.9 Å². The lowest BCUT2D eigenvalue weighted by Gasteiger charge is -2.22. The van der Waals surface area contributed by atoms with Crippen LogP contribution in [0.2, 0.25) is 0 Å². The zero-order chi connectivity index (χ0) is 22.6. The first-order chi connectivity index (χ1) is 14.7. The van der Waals surface area contributed by atoms with Gasteiger partial charge in [-0.2, -0.15) is 0 Å². The quantitative estimate of drug-likeness (QED) is 0.388. The van der Waals surface area contributed by atoms with Gasteiger partial charge in [-0.05, 0) is 42.5 Å². The van der Waals surface area contributed by atoms with Crippen molar-refractivity contribution in [3.05, 3.63) is 54.1 Å². The second-order valence-electron chi connectivity index (χ2n) is 6.64. The summed E-state index contributed by atoms with van der Waals surface area (Å²) in [5, 5.41) is 18.2. The van der Waals surface area contributed by atoms with E-state index in [2.05, 4.69) is 27.2 Å². The van der Waals surface area contributed by atoms with Crippen molar-refractivity contribution in [1.29, 1.82) is 0 Å². The molecule has 164 valence electrons. The van der Waals surface area contributed by atoms with Gasteiger partial charge in [-0.3, -0.25) is 9.47 Å². The maximum absolute atomic E-state index is 12.6. The minimum absolute atomic E-state index is 0.0498. The third-order valence-electron chi connectivity index (χ3n) is 4.50. The molecule has 11 heteroatoms. The van der Waals surface area contributed by atoms with Crippen molar-refractivity contribution in [2.24, 2.45) is 16.0 Å². The molecular weight excluding hydrogens is 431 g/mol. The molecule has 1 heterocycles. The highest BCUT2D eigenvalue weighted by atomic mass is 32.1. The van der Waals surface area contributed by atoms with Crippen LogP contribution in [0.25, 0.3) is 10.9 Å². The summed E-state index contributed by atoms with van der Waals surface area (Å²) < 4.78 is 43.5. The molecule has 0 bridgehead atoms. The Morgan fingerprint density at radius 3 is 2.55 bits per heavy atom. The smallest absolute Gasteiger partial charge is 0.493 e. The number of hydrogen-bond donors (Lipinski definition) is 2. The highest BCUT2D eigenvalue weighted by Crippen LogP contribution is 2.41. The predicted molar refractivity (Wildman–Crippen MR) is 114 cm³/mol. The van der Waals surface area contributed by atoms with Gasteiger partial charge in [0.1, 0.15) is 5.75 Å². The van der Waals surface area contributed by atoms with Crippen LogP contribution in [0.1, 0.15) is 12.5 Å². The molecule has 0 unspecified atom stereocenters. The molecule has 0 aliphatic heterocycles. The number of hydrogen-bond acceptors (Lipinski definition) is 5. The fraction of sp³-hybridized carbons (Fsp3) is 0.250. The SMILES string of the molecule is CCN(Cc1ccccc1)Cn1c(O)c(N=NC(N)=S)c2cc(OC(F)(F)F)ccc21. The van der Waals surface area contributed by atoms with Gasteiger partial charge in [-0.1, -0.05) is 37.3 Å². The fourth-order valence-electron chi connectivity index (χ4n) is 3.14. The molecule has 3 aromatic rings. The van der Waals surface area contributed by atoms with E-state index in [-0.39, 0.29) is 28.7 Å². The van der Waals surface area contributed by atoms with Crippen LogP contribution in [0.3, 0.4) is 0 Å². The number of benzene rings is 2. The van der Waals surface area contributed by atoms with Gasteiger partial charge in [0.25, 0.3) is 0 Å². The van der Waals surface area contributed by atoms with Gasteiger partial charge in [-0.15, -0.1) is 23.4 Å². The number of thiocarbonyl (C=S) groups is 1. The zero-order valence-electron chi connectivity index (χ0n) is 16.5. The van der Waals surface area contributed by atoms with Crippen molar-refractivity contribution in [3.8, 4) is 11.6 Å². The van der Waals surface area contributed by atoms with Crippen LogP contribution in [0.5, 0.6) is 11.6 Å². The Balaban J connectivity index is 2.03. The van der Waals surface area contributed by atoms with E-state index in [0.717, 1.165) is 11.6 Å². The number of azo groups is 1. The monoisotopic (exact) mass is 451 g/mol. The lowest BCUT2D eigenvalue weighted by Crippen LogP contribution is -2.25. The Labute approximate surface area is 181 Å². The maximum atomic E-state index is 12.6. The highest BCUT2D eigenvalue weighted by Gasteiger charge is 2.31. The summed E-state index contributed by atoms with van der Waals surface area (Å²) in [6.07, 6.45) is -4.85. The van der Waals surface area contributed by atoms with E-state index in [1.165, 1.54) is 16.7 Å². The highest BCUT2D eigenvalue weighted by molar-refractivity contribution is 7.80. The number of rotatable bonds is 7. The Hall–Kier alpha value is -3.18. The molecule has 1 aromatic heterocycles. The largest absolute Gasteiger partial charge is 0.573 e. The summed E-state index contributed by atoms with van der Waals surface area (Å²) in [5.41, 5.74) is 6.83. The van der Waals surface area contributed by atoms with Crippen LogP contribution in [0.15, 0.2) is 58.8 Å². The van der Waals surface area contributed by atoms with Crippen molar-refractivity contribution >= 4 is 33.9 Å². The van der Waals surface area contributed by atoms with Crippen LogP contribution in [0.4, 0.5) is 18.9 Å². The van der Waals surface area contributed by atoms with Crippen molar-refractivity contribution in [1.82, 2.24) is 9.47 Å². The number of halogens is 3. The van der Waals surface area contributed by atoms with Gasteiger partial charge < -0.3 is 15.6 Å². The summed E-state index contributed by atoms with van der Waals surface area (Å²) in [7, 11) is 0. The van der Waals surface area contributed by atoms with Crippen LogP contribution < -0.4 is 10.5 Å². The summed E-state index contributed by atoms with van der Waals surface area (Å²) >= 11 is 4.67. The lowest BCUT2D eigenvalue weighted by atomic mass is 10.2. The lowest BCUT2D eigenvalue weighted by molar-refractivity contribution is -0.274. The molecule has 3 rings (SSSR count). The molecule has 0 radical (unpaired) electrons. The average molecular weight is 451 g/mol. The number of nitrogens with two attached hydrogens (primary N) is 1. The van der Waals surface area contributed by atoms with Crippen LogP contribution in [-0.4, -0.2) is 32.6 Å². The van der Waals surface area contributed by atoms with Crippen LogP contribution in [0, 0.1) is 0 Å². The van der Waals surface area contributed by atoms with Gasteiger partial charge in [-0.25, -0.2) is 0 Å². The first kappa shape index (κ1) is 22.5. The van der Waals surface area contributed by atoms with E-state index in [0.29, 0.717) is 18.6 Å². The van der Waals surface area contributed by atoms with Gasteiger partial charge in [0.2, 0.25) is 11.0 Å². The van der Waals surface area contributed by atoms with Crippen LogP contribution >= 0.6 is 12.2 Å². The number of aromatic nitrogens is 1. The van der Waals surface area contributed by atoms with E-state index in [9.17, 15) is 18.3 Å². The molecule has 3 N–H and O–H groups in total. The normalized spacial score (nSPS) is 12.2. The summed E-state index contributed by atoms with van der Waals surface area (Å²) in [6.45, 7) is 3.49. The second-order valence-corrected chi connectivity index (χ2v) is 7.06. The van der Waals surface area contributed by atoms with Crippen molar-refractivity contribution in [3.63, 3.8) is 0 Å². The minimum Gasteiger partial charge on any atom is -0.493 e. The van der Waals surface area contributed by atoms with Crippen molar-refractivity contribution in [2.45, 2.75) is 26.5 Å². The van der Waals surface area contributed by atoms with Gasteiger partial charge in [0.05, 0.1) is 12.2 Å². The van der Waals surface area contributed by atoms with E-state index in [4.69, 9.17) is 5.73 Å². The number of ether oxygens (including phenoxy) is 1. The maximum Gasteiger partial charge on any atom is 0.573 e. The van der Waals surface area contributed by atoms with Crippen molar-refractivity contribution in [2.75, 3.05) is 6.54 Å². The summed E-state index contributed by atoms with van der Waals surface area (Å²) in [4.78, 5) is 2.04. The predicted octanol–water partition coefficient (Wildman–Crippen LogP) is 5.05. The second kappa shape index (κ2) is 9.31. The molecule has 0 aliphatic rings. The Kier molecular flexibility index (Phi) is 6.76.